The van der Waals surface area contributed by atoms with Crippen LogP contribution in [-0.2, 0) is 52.2 Å². The largest absolute Gasteiger partial charge is 0.693 e. The summed E-state index contributed by atoms with van der Waals surface area (Å²) < 4.78 is 27.8. The summed E-state index contributed by atoms with van der Waals surface area (Å²) in [5.74, 6) is 0. The van der Waals surface area contributed by atoms with Gasteiger partial charge in [-0.3, -0.25) is 6.58 Å². The van der Waals surface area contributed by atoms with Crippen molar-refractivity contribution in [3.8, 4) is 0 Å². The van der Waals surface area contributed by atoms with Crippen molar-refractivity contribution in [2.75, 3.05) is 6.93 Å². The molecule has 0 aliphatic carbocycles. The van der Waals surface area contributed by atoms with Crippen molar-refractivity contribution in [2.24, 2.45) is 0 Å². The van der Waals surface area contributed by atoms with Crippen molar-refractivity contribution in [2.45, 2.75) is 0 Å². The Bertz CT molecular complexity index is 37.8. The van der Waals surface area contributed by atoms with E-state index < -0.39 is 6.93 Å². The molecule has 2 radical (unpaired) electrons. The van der Waals surface area contributed by atoms with Gasteiger partial charge in [0.2, 0.25) is 6.93 Å². The second kappa shape index (κ2) is 1270. The Hall–Kier alpha value is -1.82. The first-order chi connectivity index (χ1) is 3.41. The van der Waals surface area contributed by atoms with Crippen LogP contribution in [-0.4, -0.2) is 12.2 Å². The van der Waals surface area contributed by atoms with Crippen LogP contribution >= 0.6 is 0 Å². The minimum absolute atomic E-state index is 0. The summed E-state index contributed by atoms with van der Waals surface area (Å²) in [6.45, 7) is 5.25. The van der Waals surface area contributed by atoms with Gasteiger partial charge in [-0.1, -0.05) is 4.53 Å². The minimum Gasteiger partial charge on any atom is -0.693 e. The van der Waals surface area contributed by atoms with E-state index in [0.717, 1.165) is 0 Å². The fourth-order valence-corrected chi connectivity index (χ4v) is 0. The van der Waals surface area contributed by atoms with Crippen LogP contribution in [0.1, 0.15) is 0 Å². The number of alkyl halides is 2. The van der Waals surface area contributed by atoms with E-state index in [2.05, 4.69) is 13.2 Å². The van der Waals surface area contributed by atoms with E-state index in [1.807, 2.05) is 0 Å². The van der Waals surface area contributed by atoms with Gasteiger partial charge in [0.25, 0.3) is 0 Å². The van der Waals surface area contributed by atoms with Gasteiger partial charge in [0.15, 0.2) is 0 Å². The van der Waals surface area contributed by atoms with E-state index in [-0.39, 0.29) is 58.3 Å². The maximum absolute atomic E-state index is 9.62. The molecular formula is C3H8F3NORf3RhY-2. The minimum atomic E-state index is -1.75. The second-order valence-electron chi connectivity index (χ2n) is 0.101. The van der Waals surface area contributed by atoms with E-state index in [1.165, 1.54) is 0 Å². The molecule has 0 rings (SSSR count). The van der Waals surface area contributed by atoms with Gasteiger partial charge in [-0.25, -0.2) is 14.1 Å². The zero-order valence-corrected chi connectivity index (χ0v) is 30.9. The van der Waals surface area contributed by atoms with Gasteiger partial charge < -0.3 is 12.7 Å². The Morgan fingerprint density at radius 2 is 1.00 bits per heavy atom. The third-order valence-corrected chi connectivity index (χ3v) is 0. The van der Waals surface area contributed by atoms with Crippen molar-refractivity contribution < 1.29 is 70.8 Å². The Balaban J connectivity index is -0.00000000218. The average Bonchev–Trinajstić information content (AvgIpc) is 1.78. The van der Waals surface area contributed by atoms with Crippen molar-refractivity contribution in [3.05, 3.63) is 19.3 Å². The van der Waals surface area contributed by atoms with Crippen LogP contribution in [0.2, 0.25) is 0 Å². The van der Waals surface area contributed by atoms with Crippen LogP contribution < -0.4 is 0 Å². The maximum atomic E-state index is 9.62. The van der Waals surface area contributed by atoms with Gasteiger partial charge in [-0.05, 0) is 0 Å². The number of hydrogen-bond acceptors (Lipinski definition) is 1. The molecule has 0 aromatic carbocycles. The van der Waals surface area contributed by atoms with Crippen molar-refractivity contribution in [1.82, 2.24) is 0 Å². The van der Waals surface area contributed by atoms with Crippen LogP contribution in [0.25, 0.3) is 6.15 Å². The number of halogens is 3. The van der Waals surface area contributed by atoms with E-state index in [4.69, 9.17) is 9.84 Å². The molecule has 0 spiro atoms. The first-order valence-electron chi connectivity index (χ1n) is 1.11. The normalized spacial score (nSPS) is 2.15. The van der Waals surface area contributed by atoms with Crippen LogP contribution in [0.5, 0.6) is 0 Å². The molecule has 0 aromatic heterocycles. The number of rotatable bonds is 0. The Labute approximate surface area is 96.4 Å². The molecule has 0 aromatic rings. The molecule has 10 heteroatoms. The van der Waals surface area contributed by atoms with E-state index in [1.54, 1.807) is 0 Å². The summed E-state index contributed by atoms with van der Waals surface area (Å²) in [5, 5.41) is 5.50. The van der Waals surface area contributed by atoms with Crippen LogP contribution in [0.15, 0.2) is 6.58 Å². The molecule has 2 nitrogen and oxygen atoms in total. The summed E-state index contributed by atoms with van der Waals surface area (Å²) in [7, 11) is 0. The second-order valence-corrected chi connectivity index (χ2v) is 0.101. The monoisotopic (exact) mass is 1120 g/mol. The molecule has 0 saturated heterocycles. The molecule has 0 saturated carbocycles. The van der Waals surface area contributed by atoms with Crippen LogP contribution in [0.3, 0.4) is 0 Å². The molecule has 0 bridgehead atoms. The van der Waals surface area contributed by atoms with Gasteiger partial charge in [-0.15, -0.1) is 0 Å². The van der Waals surface area contributed by atoms with Gasteiger partial charge in [0.05, 0.1) is 0 Å². The molecule has 0 unspecified atom stereocenters. The maximum Gasteiger partial charge on any atom is 0.229 e. The summed E-state index contributed by atoms with van der Waals surface area (Å²) in [6, 6.07) is 0. The van der Waals surface area contributed by atoms with Crippen molar-refractivity contribution >= 4 is 0 Å². The first kappa shape index (κ1) is 244. The number of hydrogen-bond donors (Lipinski definition) is 1. The first-order valence-corrected chi connectivity index (χ1v) is 1.11. The molecule has 3 N–H and O–H groups in total. The van der Waals surface area contributed by atoms with Gasteiger partial charge >= 0.3 is 0 Å². The molecule has 0 amide bonds. The zero-order valence-electron chi connectivity index (χ0n) is 7.18. The molecule has 13 heavy (non-hydrogen) atoms. The van der Waals surface area contributed by atoms with Gasteiger partial charge in [-0.2, -0.15) is 0 Å². The zero-order chi connectivity index (χ0) is 6.71. The topological polar surface area (TPSA) is 53.7 Å². The van der Waals surface area contributed by atoms with Crippen LogP contribution in [0, 0.1) is 6.58 Å². The van der Waals surface area contributed by atoms with Crippen molar-refractivity contribution in [1.29, 1.82) is 0 Å². The van der Waals surface area contributed by atoms with E-state index in [9.17, 15) is 8.78 Å². The van der Waals surface area contributed by atoms with Gasteiger partial charge in [0, 0.05) is 52.2 Å². The SMILES string of the molecule is FCF.OF.[CH-]=C.[NH2-].[Rf].[Rf].[Rf].[Rh].[Y]. The smallest absolute Gasteiger partial charge is 0.229 e. The van der Waals surface area contributed by atoms with Gasteiger partial charge in [0.1, 0.15) is 0 Å². The third-order valence-electron chi connectivity index (χ3n) is 0. The predicted octanol–water partition coefficient (Wildman–Crippen LogP) is 2.06. The molecular weight excluding hydrogens is 1120 g/mol. The molecule has 0 atom stereocenters. The summed E-state index contributed by atoms with van der Waals surface area (Å²) in [5.41, 5.74) is 0. The molecule has 72 valence electrons. The Morgan fingerprint density at radius 1 is 1.00 bits per heavy atom. The molecule has 0 aliphatic rings. The summed E-state index contributed by atoms with van der Waals surface area (Å²) in [4.78, 5) is 0. The molecule has 0 heterocycles. The quantitative estimate of drug-likeness (QED) is 0.294. The van der Waals surface area contributed by atoms with Crippen molar-refractivity contribution in [3.63, 3.8) is 0 Å². The standard InChI is InChI=1S/C2H3.CH2F2.FHO.H2N.3Rf.Rh.Y/c1-2;2-1-3;1-2;;;;;;/h1H,2H2;1H2;2H;1H2;;;;;/q-1;;;-1;;;;;. The van der Waals surface area contributed by atoms with Crippen LogP contribution in [0.4, 0.5) is 13.3 Å². The Kier molecular flexibility index (Phi) is 23800. The summed E-state index contributed by atoms with van der Waals surface area (Å²) >= 11 is 0. The molecule has 0 aliphatic heterocycles. The summed E-state index contributed by atoms with van der Waals surface area (Å²) in [6.07, 6.45) is 0. The average molecular weight is 1120 g/mol. The third kappa shape index (κ3) is 205. The van der Waals surface area contributed by atoms with E-state index >= 15 is 0 Å². The number of nitrogens with two attached hydrogens (primary N) is 1. The fourth-order valence-electron chi connectivity index (χ4n) is 0. The Morgan fingerprint density at radius 3 is 1.00 bits per heavy atom. The fraction of sp³-hybridized carbons (Fsp3) is 0.333. The van der Waals surface area contributed by atoms with E-state index in [0.29, 0.717) is 0 Å². The molecule has 0 fully saturated rings. The predicted molar refractivity (Wildman–Crippen MR) is 25.6 cm³/mol.